The van der Waals surface area contributed by atoms with Crippen LogP contribution in [0.5, 0.6) is 17.2 Å². The lowest BCUT2D eigenvalue weighted by molar-refractivity contribution is -0.123. The molecule has 0 saturated heterocycles. The molecule has 0 aliphatic carbocycles. The van der Waals surface area contributed by atoms with Crippen molar-refractivity contribution >= 4 is 5.91 Å². The van der Waals surface area contributed by atoms with Crippen LogP contribution in [0.3, 0.4) is 0 Å². The molecule has 0 aromatic heterocycles. The topological polar surface area (TPSA) is 56.8 Å². The van der Waals surface area contributed by atoms with Crippen molar-refractivity contribution in [3.05, 3.63) is 52.6 Å². The first-order valence-corrected chi connectivity index (χ1v) is 7.89. The molecule has 0 radical (unpaired) electrons. The Hall–Kier alpha value is -2.69. The number of aryl methyl sites for hydroxylation is 3. The smallest absolute Gasteiger partial charge is 0.258 e. The van der Waals surface area contributed by atoms with Gasteiger partial charge in [0.2, 0.25) is 6.79 Å². The van der Waals surface area contributed by atoms with Crippen LogP contribution in [0.15, 0.2) is 30.3 Å². The van der Waals surface area contributed by atoms with Crippen molar-refractivity contribution in [3.8, 4) is 17.2 Å². The average molecular weight is 327 g/mol. The van der Waals surface area contributed by atoms with E-state index in [-0.39, 0.29) is 19.3 Å². The summed E-state index contributed by atoms with van der Waals surface area (Å²) in [6.45, 7) is 6.68. The quantitative estimate of drug-likeness (QED) is 0.917. The fourth-order valence-electron chi connectivity index (χ4n) is 2.83. The predicted octanol–water partition coefficient (Wildman–Crippen LogP) is 3.04. The van der Waals surface area contributed by atoms with Gasteiger partial charge in [-0.3, -0.25) is 4.79 Å². The summed E-state index contributed by atoms with van der Waals surface area (Å²) in [7, 11) is 0. The highest BCUT2D eigenvalue weighted by Gasteiger charge is 2.13. The van der Waals surface area contributed by atoms with E-state index in [2.05, 4.69) is 5.32 Å². The Bertz CT molecular complexity index is 747. The summed E-state index contributed by atoms with van der Waals surface area (Å²) in [5.41, 5.74) is 4.21. The average Bonchev–Trinajstić information content (AvgIpc) is 2.99. The van der Waals surface area contributed by atoms with Crippen molar-refractivity contribution in [3.63, 3.8) is 0 Å². The van der Waals surface area contributed by atoms with E-state index in [1.165, 1.54) is 5.56 Å². The third-order valence-corrected chi connectivity index (χ3v) is 3.88. The van der Waals surface area contributed by atoms with Gasteiger partial charge in [-0.1, -0.05) is 23.8 Å². The monoisotopic (exact) mass is 327 g/mol. The van der Waals surface area contributed by atoms with E-state index < -0.39 is 0 Å². The van der Waals surface area contributed by atoms with E-state index in [0.29, 0.717) is 12.3 Å². The van der Waals surface area contributed by atoms with Crippen LogP contribution in [0.2, 0.25) is 0 Å². The van der Waals surface area contributed by atoms with Gasteiger partial charge in [-0.2, -0.15) is 0 Å². The van der Waals surface area contributed by atoms with Gasteiger partial charge in [0.05, 0.1) is 0 Å². The number of hydrogen-bond donors (Lipinski definition) is 1. The lowest BCUT2D eigenvalue weighted by atomic mass is 10.1. The number of rotatable bonds is 5. The van der Waals surface area contributed by atoms with Crippen LogP contribution in [-0.4, -0.2) is 19.3 Å². The van der Waals surface area contributed by atoms with Crippen LogP contribution in [-0.2, 0) is 11.3 Å². The maximum Gasteiger partial charge on any atom is 0.258 e. The van der Waals surface area contributed by atoms with Gasteiger partial charge in [-0.25, -0.2) is 0 Å². The molecule has 0 fully saturated rings. The van der Waals surface area contributed by atoms with Crippen molar-refractivity contribution in [2.45, 2.75) is 27.3 Å². The Morgan fingerprint density at radius 2 is 1.79 bits per heavy atom. The van der Waals surface area contributed by atoms with Gasteiger partial charge in [0.1, 0.15) is 5.75 Å². The van der Waals surface area contributed by atoms with Gasteiger partial charge in [0, 0.05) is 6.54 Å². The molecule has 2 aromatic rings. The summed E-state index contributed by atoms with van der Waals surface area (Å²) in [5, 5.41) is 2.85. The molecular formula is C19H21NO4. The van der Waals surface area contributed by atoms with E-state index in [4.69, 9.17) is 14.2 Å². The van der Waals surface area contributed by atoms with Crippen molar-refractivity contribution in [2.24, 2.45) is 0 Å². The highest BCUT2D eigenvalue weighted by molar-refractivity contribution is 5.77. The van der Waals surface area contributed by atoms with E-state index >= 15 is 0 Å². The molecule has 24 heavy (non-hydrogen) atoms. The molecule has 2 aromatic carbocycles. The normalized spacial score (nSPS) is 12.1. The van der Waals surface area contributed by atoms with Crippen LogP contribution in [0, 0.1) is 20.8 Å². The minimum atomic E-state index is -0.160. The number of ether oxygens (including phenoxy) is 3. The standard InChI is InChI=1S/C19H21NO4/c1-12-6-13(2)19(14(3)7-12)22-10-18(21)20-9-15-4-5-16-17(8-15)24-11-23-16/h4-8H,9-11H2,1-3H3,(H,20,21). The minimum absolute atomic E-state index is 0.00467. The molecule has 1 N–H and O–H groups in total. The fraction of sp³-hybridized carbons (Fsp3) is 0.316. The zero-order chi connectivity index (χ0) is 17.1. The van der Waals surface area contributed by atoms with Crippen LogP contribution in [0.4, 0.5) is 0 Å². The zero-order valence-corrected chi connectivity index (χ0v) is 14.1. The number of amides is 1. The first-order chi connectivity index (χ1) is 11.5. The first kappa shape index (κ1) is 16.2. The Labute approximate surface area is 141 Å². The molecule has 1 amide bonds. The summed E-state index contributed by atoms with van der Waals surface area (Å²) in [6.07, 6.45) is 0. The molecule has 1 aliphatic rings. The molecule has 0 spiro atoms. The van der Waals surface area contributed by atoms with Gasteiger partial charge >= 0.3 is 0 Å². The number of hydrogen-bond acceptors (Lipinski definition) is 4. The van der Waals surface area contributed by atoms with Crippen LogP contribution < -0.4 is 19.5 Å². The molecular weight excluding hydrogens is 306 g/mol. The second kappa shape index (κ2) is 6.83. The van der Waals surface area contributed by atoms with Gasteiger partial charge < -0.3 is 19.5 Å². The van der Waals surface area contributed by atoms with Crippen LogP contribution in [0.1, 0.15) is 22.3 Å². The lowest BCUT2D eigenvalue weighted by Crippen LogP contribution is -2.28. The van der Waals surface area contributed by atoms with E-state index in [1.54, 1.807) is 0 Å². The number of nitrogens with one attached hydrogen (secondary N) is 1. The maximum atomic E-state index is 12.0. The highest BCUT2D eigenvalue weighted by atomic mass is 16.7. The first-order valence-electron chi connectivity index (χ1n) is 7.89. The second-order valence-electron chi connectivity index (χ2n) is 5.98. The summed E-state index contributed by atoms with van der Waals surface area (Å²) in [6, 6.07) is 9.72. The largest absolute Gasteiger partial charge is 0.483 e. The summed E-state index contributed by atoms with van der Waals surface area (Å²) < 4.78 is 16.3. The van der Waals surface area contributed by atoms with E-state index in [0.717, 1.165) is 28.2 Å². The molecule has 0 bridgehead atoms. The molecule has 3 rings (SSSR count). The Morgan fingerprint density at radius 3 is 2.54 bits per heavy atom. The van der Waals surface area contributed by atoms with Gasteiger partial charge in [-0.05, 0) is 49.6 Å². The Balaban J connectivity index is 1.53. The predicted molar refractivity (Wildman–Crippen MR) is 90.6 cm³/mol. The second-order valence-corrected chi connectivity index (χ2v) is 5.98. The molecule has 126 valence electrons. The Kier molecular flexibility index (Phi) is 4.60. The molecule has 0 unspecified atom stereocenters. The Morgan fingerprint density at radius 1 is 1.08 bits per heavy atom. The van der Waals surface area contributed by atoms with E-state index in [1.807, 2.05) is 51.1 Å². The fourth-order valence-corrected chi connectivity index (χ4v) is 2.83. The zero-order valence-electron chi connectivity index (χ0n) is 14.1. The molecule has 5 heteroatoms. The van der Waals surface area contributed by atoms with E-state index in [9.17, 15) is 4.79 Å². The van der Waals surface area contributed by atoms with Crippen molar-refractivity contribution in [1.82, 2.24) is 5.32 Å². The molecule has 5 nitrogen and oxygen atoms in total. The van der Waals surface area contributed by atoms with Gasteiger partial charge in [0.25, 0.3) is 5.91 Å². The summed E-state index contributed by atoms with van der Waals surface area (Å²) in [5.74, 6) is 2.06. The number of benzene rings is 2. The van der Waals surface area contributed by atoms with Crippen LogP contribution >= 0.6 is 0 Å². The number of fused-ring (bicyclic) bond motifs is 1. The number of carbonyl (C=O) groups excluding carboxylic acids is 1. The molecule has 0 saturated carbocycles. The molecule has 1 aliphatic heterocycles. The highest BCUT2D eigenvalue weighted by Crippen LogP contribution is 2.32. The van der Waals surface area contributed by atoms with Crippen molar-refractivity contribution < 1.29 is 19.0 Å². The summed E-state index contributed by atoms with van der Waals surface area (Å²) >= 11 is 0. The van der Waals surface area contributed by atoms with Gasteiger partial charge in [0.15, 0.2) is 18.1 Å². The van der Waals surface area contributed by atoms with Crippen molar-refractivity contribution in [1.29, 1.82) is 0 Å². The SMILES string of the molecule is Cc1cc(C)c(OCC(=O)NCc2ccc3c(c2)OCO3)c(C)c1. The lowest BCUT2D eigenvalue weighted by Gasteiger charge is -2.13. The minimum Gasteiger partial charge on any atom is -0.483 e. The van der Waals surface area contributed by atoms with Crippen molar-refractivity contribution in [2.75, 3.05) is 13.4 Å². The number of carbonyl (C=O) groups is 1. The van der Waals surface area contributed by atoms with Crippen LogP contribution in [0.25, 0.3) is 0 Å². The molecule has 1 heterocycles. The third kappa shape index (κ3) is 3.62. The third-order valence-electron chi connectivity index (χ3n) is 3.88. The summed E-state index contributed by atoms with van der Waals surface area (Å²) in [4.78, 5) is 12.0. The molecule has 0 atom stereocenters. The van der Waals surface area contributed by atoms with Gasteiger partial charge in [-0.15, -0.1) is 0 Å². The maximum absolute atomic E-state index is 12.0.